The average molecular weight is 332 g/mol. The number of benzene rings is 1. The molecule has 1 aromatic carbocycles. The zero-order chi connectivity index (χ0) is 17.7. The molecule has 0 aromatic heterocycles. The van der Waals surface area contributed by atoms with Crippen LogP contribution in [0.4, 0.5) is 0 Å². The van der Waals surface area contributed by atoms with Crippen molar-refractivity contribution in [3.8, 4) is 11.5 Å². The predicted molar refractivity (Wildman–Crippen MR) is 98.5 cm³/mol. The molecular weight excluding hydrogens is 300 g/mol. The Balaban J connectivity index is 2.34. The second-order valence-corrected chi connectivity index (χ2v) is 7.46. The maximum absolute atomic E-state index is 10.6. The van der Waals surface area contributed by atoms with Crippen LogP contribution in [0.25, 0.3) is 0 Å². The van der Waals surface area contributed by atoms with E-state index >= 15 is 0 Å². The Kier molecular flexibility index (Phi) is 6.73. The lowest BCUT2D eigenvalue weighted by atomic mass is 9.71. The quantitative estimate of drug-likeness (QED) is 0.492. The van der Waals surface area contributed by atoms with Crippen LogP contribution < -0.4 is 0 Å². The summed E-state index contributed by atoms with van der Waals surface area (Å²) in [5, 5.41) is 30.7. The monoisotopic (exact) mass is 332 g/mol. The number of aliphatic hydroxyl groups is 1. The molecule has 134 valence electrons. The Morgan fingerprint density at radius 3 is 2.33 bits per heavy atom. The van der Waals surface area contributed by atoms with Crippen molar-refractivity contribution in [2.24, 2.45) is 11.8 Å². The molecule has 0 fully saturated rings. The molecule has 0 saturated carbocycles. The summed E-state index contributed by atoms with van der Waals surface area (Å²) in [4.78, 5) is 0. The van der Waals surface area contributed by atoms with Gasteiger partial charge in [-0.05, 0) is 60.8 Å². The van der Waals surface area contributed by atoms with Gasteiger partial charge in [0.05, 0.1) is 6.61 Å². The minimum absolute atomic E-state index is 0.0365. The Hall–Kier alpha value is -1.48. The van der Waals surface area contributed by atoms with E-state index in [-0.39, 0.29) is 24.0 Å². The Morgan fingerprint density at radius 2 is 1.79 bits per heavy atom. The molecule has 0 amide bonds. The van der Waals surface area contributed by atoms with Gasteiger partial charge in [0.25, 0.3) is 0 Å². The number of aryl methyl sites for hydroxylation is 1. The van der Waals surface area contributed by atoms with Crippen molar-refractivity contribution in [2.45, 2.75) is 65.2 Å². The number of allylic oxidation sites excluding steroid dienone is 1. The van der Waals surface area contributed by atoms with E-state index in [1.165, 1.54) is 0 Å². The minimum atomic E-state index is -0.0365. The van der Waals surface area contributed by atoms with Gasteiger partial charge in [0.2, 0.25) is 0 Å². The van der Waals surface area contributed by atoms with Crippen molar-refractivity contribution in [1.29, 1.82) is 0 Å². The number of aliphatic hydroxyl groups excluding tert-OH is 1. The number of unbranched alkanes of at least 4 members (excludes halogenated alkanes) is 2. The largest absolute Gasteiger partial charge is 0.507 e. The molecule has 0 unspecified atom stereocenters. The second-order valence-electron chi connectivity index (χ2n) is 7.46. The van der Waals surface area contributed by atoms with Crippen LogP contribution in [0.5, 0.6) is 11.5 Å². The number of phenols is 2. The van der Waals surface area contributed by atoms with E-state index in [1.807, 2.05) is 12.1 Å². The van der Waals surface area contributed by atoms with Crippen molar-refractivity contribution in [3.63, 3.8) is 0 Å². The van der Waals surface area contributed by atoms with Crippen LogP contribution in [0.2, 0.25) is 0 Å². The lowest BCUT2D eigenvalue weighted by Crippen LogP contribution is -2.22. The number of aromatic hydroxyl groups is 2. The minimum Gasteiger partial charge on any atom is -0.507 e. The maximum atomic E-state index is 10.6. The van der Waals surface area contributed by atoms with Crippen LogP contribution in [-0.2, 0) is 6.42 Å². The summed E-state index contributed by atoms with van der Waals surface area (Å²) < 4.78 is 0. The standard InChI is InChI=1S/C21H32O3/c1-4-5-6-7-15-11-19(23)21(20(24)12-15)18-10-16(13-22)8-9-17(18)14(2)3/h10-12,14,17-18,22-24H,4-9,13H2,1-3H3/t17-,18-/m0/s1. The van der Waals surface area contributed by atoms with E-state index in [0.717, 1.165) is 49.7 Å². The summed E-state index contributed by atoms with van der Waals surface area (Å²) >= 11 is 0. The van der Waals surface area contributed by atoms with Gasteiger partial charge in [0.15, 0.2) is 0 Å². The maximum Gasteiger partial charge on any atom is 0.123 e. The summed E-state index contributed by atoms with van der Waals surface area (Å²) in [5.74, 6) is 1.16. The van der Waals surface area contributed by atoms with Gasteiger partial charge in [-0.3, -0.25) is 0 Å². The van der Waals surface area contributed by atoms with E-state index in [1.54, 1.807) is 0 Å². The first-order chi connectivity index (χ1) is 11.5. The van der Waals surface area contributed by atoms with Crippen LogP contribution in [0.1, 0.15) is 69.9 Å². The van der Waals surface area contributed by atoms with E-state index in [0.29, 0.717) is 17.4 Å². The van der Waals surface area contributed by atoms with Gasteiger partial charge >= 0.3 is 0 Å². The number of hydrogen-bond donors (Lipinski definition) is 3. The van der Waals surface area contributed by atoms with Gasteiger partial charge in [0, 0.05) is 11.5 Å². The van der Waals surface area contributed by atoms with Gasteiger partial charge in [-0.2, -0.15) is 0 Å². The first-order valence-electron chi connectivity index (χ1n) is 9.33. The first kappa shape index (κ1) is 18.9. The molecule has 2 rings (SSSR count). The highest BCUT2D eigenvalue weighted by atomic mass is 16.3. The van der Waals surface area contributed by atoms with Gasteiger partial charge < -0.3 is 15.3 Å². The fourth-order valence-corrected chi connectivity index (χ4v) is 3.91. The summed E-state index contributed by atoms with van der Waals surface area (Å²) in [5.41, 5.74) is 2.62. The van der Waals surface area contributed by atoms with Crippen LogP contribution in [0.15, 0.2) is 23.8 Å². The van der Waals surface area contributed by atoms with Crippen LogP contribution in [0, 0.1) is 11.8 Å². The summed E-state index contributed by atoms with van der Waals surface area (Å²) in [6.07, 6.45) is 8.19. The third-order valence-electron chi connectivity index (χ3n) is 5.33. The first-order valence-corrected chi connectivity index (χ1v) is 9.33. The van der Waals surface area contributed by atoms with Crippen molar-refractivity contribution in [3.05, 3.63) is 34.9 Å². The normalized spacial score (nSPS) is 21.1. The molecule has 3 N–H and O–H groups in total. The van der Waals surface area contributed by atoms with E-state index in [2.05, 4.69) is 26.8 Å². The van der Waals surface area contributed by atoms with Crippen molar-refractivity contribution in [2.75, 3.05) is 6.61 Å². The van der Waals surface area contributed by atoms with Gasteiger partial charge in [-0.15, -0.1) is 0 Å². The lowest BCUT2D eigenvalue weighted by Gasteiger charge is -2.34. The third kappa shape index (κ3) is 4.32. The van der Waals surface area contributed by atoms with Gasteiger partial charge in [-0.1, -0.05) is 39.7 Å². The Morgan fingerprint density at radius 1 is 1.12 bits per heavy atom. The topological polar surface area (TPSA) is 60.7 Å². The highest BCUT2D eigenvalue weighted by molar-refractivity contribution is 5.51. The van der Waals surface area contributed by atoms with Crippen molar-refractivity contribution < 1.29 is 15.3 Å². The predicted octanol–water partition coefficient (Wildman–Crippen LogP) is 4.90. The molecule has 3 heteroatoms. The fraction of sp³-hybridized carbons (Fsp3) is 0.619. The molecule has 1 aliphatic rings. The zero-order valence-electron chi connectivity index (χ0n) is 15.3. The average Bonchev–Trinajstić information content (AvgIpc) is 2.54. The molecule has 0 heterocycles. The van der Waals surface area contributed by atoms with E-state index < -0.39 is 0 Å². The molecule has 0 radical (unpaired) electrons. The summed E-state index contributed by atoms with van der Waals surface area (Å²) in [6, 6.07) is 3.62. The third-order valence-corrected chi connectivity index (χ3v) is 5.33. The van der Waals surface area contributed by atoms with Crippen molar-refractivity contribution in [1.82, 2.24) is 0 Å². The number of rotatable bonds is 7. The smallest absolute Gasteiger partial charge is 0.123 e. The molecule has 0 aliphatic heterocycles. The summed E-state index contributed by atoms with van der Waals surface area (Å²) in [7, 11) is 0. The van der Waals surface area contributed by atoms with Crippen LogP contribution >= 0.6 is 0 Å². The van der Waals surface area contributed by atoms with Crippen LogP contribution in [-0.4, -0.2) is 21.9 Å². The molecule has 24 heavy (non-hydrogen) atoms. The second kappa shape index (κ2) is 8.57. The number of hydrogen-bond acceptors (Lipinski definition) is 3. The highest BCUT2D eigenvalue weighted by Crippen LogP contribution is 2.46. The number of phenolic OH excluding ortho intramolecular Hbond substituents is 2. The van der Waals surface area contributed by atoms with E-state index in [4.69, 9.17) is 0 Å². The molecule has 1 aliphatic carbocycles. The molecule has 0 bridgehead atoms. The lowest BCUT2D eigenvalue weighted by molar-refractivity contribution is 0.277. The molecule has 1 aromatic rings. The molecule has 0 spiro atoms. The fourth-order valence-electron chi connectivity index (χ4n) is 3.91. The highest BCUT2D eigenvalue weighted by Gasteiger charge is 2.32. The Labute approximate surface area is 146 Å². The zero-order valence-corrected chi connectivity index (χ0v) is 15.3. The van der Waals surface area contributed by atoms with Gasteiger partial charge in [-0.25, -0.2) is 0 Å². The van der Waals surface area contributed by atoms with E-state index in [9.17, 15) is 15.3 Å². The molecule has 3 nitrogen and oxygen atoms in total. The van der Waals surface area contributed by atoms with Crippen molar-refractivity contribution >= 4 is 0 Å². The SMILES string of the molecule is CCCCCc1cc(O)c([C@H]2C=C(CO)CC[C@H]2C(C)C)c(O)c1. The summed E-state index contributed by atoms with van der Waals surface area (Å²) in [6.45, 7) is 6.58. The molecule has 0 saturated heterocycles. The van der Waals surface area contributed by atoms with Gasteiger partial charge in [0.1, 0.15) is 11.5 Å². The molecule has 2 atom stereocenters. The van der Waals surface area contributed by atoms with Crippen LogP contribution in [0.3, 0.4) is 0 Å². The molecular formula is C21H32O3. The Bertz CT molecular complexity index is 551.